The molecule has 1 aromatic heterocycles. The standard InChI is InChI=1S/C13H11BrFNO3/c1-3-19-12-6-11(13(17)18-2)16-10-5-9(15)8(14)4-7(10)12/h4-6H,3H2,1-2H3. The predicted octanol–water partition coefficient (Wildman–Crippen LogP) is 3.32. The van der Waals surface area contributed by atoms with Crippen LogP contribution in [0.15, 0.2) is 22.7 Å². The molecule has 6 heteroatoms. The van der Waals surface area contributed by atoms with Crippen LogP contribution in [0.4, 0.5) is 4.39 Å². The summed E-state index contributed by atoms with van der Waals surface area (Å²) in [7, 11) is 1.26. The van der Waals surface area contributed by atoms with E-state index in [4.69, 9.17) is 4.74 Å². The number of nitrogens with zero attached hydrogens (tertiary/aromatic N) is 1. The van der Waals surface area contributed by atoms with Crippen LogP contribution in [0, 0.1) is 5.82 Å². The van der Waals surface area contributed by atoms with Crippen molar-refractivity contribution >= 4 is 32.8 Å². The number of hydrogen-bond acceptors (Lipinski definition) is 4. The van der Waals surface area contributed by atoms with Gasteiger partial charge in [-0.2, -0.15) is 0 Å². The minimum atomic E-state index is -0.592. The lowest BCUT2D eigenvalue weighted by Crippen LogP contribution is -2.06. The van der Waals surface area contributed by atoms with Gasteiger partial charge in [0.05, 0.1) is 23.7 Å². The molecule has 0 amide bonds. The average molecular weight is 328 g/mol. The molecule has 4 nitrogen and oxygen atoms in total. The van der Waals surface area contributed by atoms with E-state index in [2.05, 4.69) is 25.7 Å². The van der Waals surface area contributed by atoms with E-state index in [0.29, 0.717) is 27.7 Å². The van der Waals surface area contributed by atoms with Gasteiger partial charge in [0.2, 0.25) is 0 Å². The molecule has 100 valence electrons. The van der Waals surface area contributed by atoms with Crippen molar-refractivity contribution in [3.63, 3.8) is 0 Å². The Morgan fingerprint density at radius 2 is 2.16 bits per heavy atom. The van der Waals surface area contributed by atoms with Gasteiger partial charge < -0.3 is 9.47 Å². The first-order valence-electron chi connectivity index (χ1n) is 5.57. The Morgan fingerprint density at radius 3 is 2.79 bits per heavy atom. The molecule has 0 aliphatic rings. The molecule has 19 heavy (non-hydrogen) atoms. The minimum absolute atomic E-state index is 0.0835. The van der Waals surface area contributed by atoms with Crippen molar-refractivity contribution < 1.29 is 18.7 Å². The second kappa shape index (κ2) is 5.52. The Balaban J connectivity index is 2.71. The molecular weight excluding hydrogens is 317 g/mol. The smallest absolute Gasteiger partial charge is 0.356 e. The fraction of sp³-hybridized carbons (Fsp3) is 0.231. The van der Waals surface area contributed by atoms with Crippen LogP contribution in [0.3, 0.4) is 0 Å². The van der Waals surface area contributed by atoms with E-state index in [-0.39, 0.29) is 5.69 Å². The second-order valence-corrected chi connectivity index (χ2v) is 4.57. The molecule has 0 N–H and O–H groups in total. The summed E-state index contributed by atoms with van der Waals surface area (Å²) < 4.78 is 23.9. The van der Waals surface area contributed by atoms with Gasteiger partial charge in [-0.05, 0) is 28.9 Å². The monoisotopic (exact) mass is 327 g/mol. The molecule has 0 aliphatic heterocycles. The zero-order valence-corrected chi connectivity index (χ0v) is 12.0. The Bertz CT molecular complexity index is 645. The zero-order chi connectivity index (χ0) is 14.0. The van der Waals surface area contributed by atoms with Gasteiger partial charge in [0, 0.05) is 17.5 Å². The Morgan fingerprint density at radius 1 is 1.42 bits per heavy atom. The van der Waals surface area contributed by atoms with Gasteiger partial charge in [0.15, 0.2) is 5.69 Å². The van der Waals surface area contributed by atoms with Crippen molar-refractivity contribution in [3.8, 4) is 5.75 Å². The average Bonchev–Trinajstić information content (AvgIpc) is 2.40. The fourth-order valence-corrected chi connectivity index (χ4v) is 2.02. The number of pyridine rings is 1. The van der Waals surface area contributed by atoms with Crippen LogP contribution in [-0.2, 0) is 4.74 Å². The number of halogens is 2. The van der Waals surface area contributed by atoms with E-state index in [1.165, 1.54) is 19.2 Å². The summed E-state index contributed by atoms with van der Waals surface area (Å²) in [5, 5.41) is 0.628. The molecule has 0 spiro atoms. The molecule has 1 aromatic carbocycles. The Labute approximate surface area is 117 Å². The van der Waals surface area contributed by atoms with Gasteiger partial charge in [-0.1, -0.05) is 0 Å². The predicted molar refractivity (Wildman–Crippen MR) is 71.9 cm³/mol. The molecule has 0 saturated heterocycles. The lowest BCUT2D eigenvalue weighted by Gasteiger charge is -2.10. The number of aromatic nitrogens is 1. The van der Waals surface area contributed by atoms with Crippen LogP contribution in [0.2, 0.25) is 0 Å². The number of carbonyl (C=O) groups excluding carboxylic acids is 1. The van der Waals surface area contributed by atoms with E-state index in [1.807, 2.05) is 6.92 Å². The molecule has 0 atom stereocenters. The van der Waals surface area contributed by atoms with E-state index < -0.39 is 11.8 Å². The second-order valence-electron chi connectivity index (χ2n) is 3.71. The first-order chi connectivity index (χ1) is 9.06. The van der Waals surface area contributed by atoms with Crippen LogP contribution in [0.5, 0.6) is 5.75 Å². The highest BCUT2D eigenvalue weighted by Crippen LogP contribution is 2.30. The molecule has 0 aliphatic carbocycles. The molecule has 0 radical (unpaired) electrons. The lowest BCUT2D eigenvalue weighted by atomic mass is 10.1. The topological polar surface area (TPSA) is 48.4 Å². The number of rotatable bonds is 3. The maximum absolute atomic E-state index is 13.5. The van der Waals surface area contributed by atoms with Crippen molar-refractivity contribution in [2.24, 2.45) is 0 Å². The number of hydrogen-bond donors (Lipinski definition) is 0. The highest BCUT2D eigenvalue weighted by molar-refractivity contribution is 9.10. The van der Waals surface area contributed by atoms with Gasteiger partial charge in [0.25, 0.3) is 0 Å². The number of esters is 1. The Hall–Kier alpha value is -1.69. The van der Waals surface area contributed by atoms with E-state index in [9.17, 15) is 9.18 Å². The summed E-state index contributed by atoms with van der Waals surface area (Å²) in [6, 6.07) is 4.31. The molecule has 0 saturated carbocycles. The van der Waals surface area contributed by atoms with Crippen LogP contribution in [-0.4, -0.2) is 24.7 Å². The Kier molecular flexibility index (Phi) is 3.99. The number of carbonyl (C=O) groups is 1. The van der Waals surface area contributed by atoms with Crippen LogP contribution < -0.4 is 4.74 Å². The summed E-state index contributed by atoms with van der Waals surface area (Å²) >= 11 is 3.11. The van der Waals surface area contributed by atoms with Crippen molar-refractivity contribution in [1.82, 2.24) is 4.98 Å². The van der Waals surface area contributed by atoms with E-state index in [0.717, 1.165) is 0 Å². The number of methoxy groups -OCH3 is 1. The number of ether oxygens (including phenoxy) is 2. The molecule has 0 fully saturated rings. The highest BCUT2D eigenvalue weighted by atomic mass is 79.9. The maximum Gasteiger partial charge on any atom is 0.356 e. The summed E-state index contributed by atoms with van der Waals surface area (Å²) in [6.07, 6.45) is 0. The third kappa shape index (κ3) is 2.68. The molecular formula is C13H11BrFNO3. The summed E-state index contributed by atoms with van der Waals surface area (Å²) in [5.74, 6) is -0.579. The first-order valence-corrected chi connectivity index (χ1v) is 6.37. The molecule has 1 heterocycles. The molecule has 2 rings (SSSR count). The quantitative estimate of drug-likeness (QED) is 0.811. The molecule has 0 unspecified atom stereocenters. The summed E-state index contributed by atoms with van der Waals surface area (Å²) in [5.41, 5.74) is 0.423. The van der Waals surface area contributed by atoms with Crippen LogP contribution in [0.1, 0.15) is 17.4 Å². The van der Waals surface area contributed by atoms with Crippen molar-refractivity contribution in [2.75, 3.05) is 13.7 Å². The summed E-state index contributed by atoms with van der Waals surface area (Å²) in [4.78, 5) is 15.6. The van der Waals surface area contributed by atoms with E-state index in [1.54, 1.807) is 6.07 Å². The number of benzene rings is 1. The van der Waals surface area contributed by atoms with Crippen LogP contribution in [0.25, 0.3) is 10.9 Å². The lowest BCUT2D eigenvalue weighted by molar-refractivity contribution is 0.0594. The van der Waals surface area contributed by atoms with Crippen LogP contribution >= 0.6 is 15.9 Å². The summed E-state index contributed by atoms with van der Waals surface area (Å²) in [6.45, 7) is 2.25. The number of fused-ring (bicyclic) bond motifs is 1. The van der Waals surface area contributed by atoms with Gasteiger partial charge in [-0.25, -0.2) is 14.2 Å². The SMILES string of the molecule is CCOc1cc(C(=O)OC)nc2cc(F)c(Br)cc12. The normalized spacial score (nSPS) is 10.5. The van der Waals surface area contributed by atoms with Crippen molar-refractivity contribution in [3.05, 3.63) is 34.2 Å². The third-order valence-electron chi connectivity index (χ3n) is 2.51. The highest BCUT2D eigenvalue weighted by Gasteiger charge is 2.15. The molecule has 2 aromatic rings. The van der Waals surface area contributed by atoms with Gasteiger partial charge >= 0.3 is 5.97 Å². The zero-order valence-electron chi connectivity index (χ0n) is 10.4. The third-order valence-corrected chi connectivity index (χ3v) is 3.11. The minimum Gasteiger partial charge on any atom is -0.493 e. The van der Waals surface area contributed by atoms with Gasteiger partial charge in [-0.3, -0.25) is 0 Å². The van der Waals surface area contributed by atoms with Gasteiger partial charge in [-0.15, -0.1) is 0 Å². The van der Waals surface area contributed by atoms with Crippen molar-refractivity contribution in [2.45, 2.75) is 6.92 Å². The fourth-order valence-electron chi connectivity index (χ4n) is 1.67. The van der Waals surface area contributed by atoms with E-state index >= 15 is 0 Å². The first kappa shape index (κ1) is 13.7. The maximum atomic E-state index is 13.5. The van der Waals surface area contributed by atoms with Gasteiger partial charge in [0.1, 0.15) is 11.6 Å². The van der Waals surface area contributed by atoms with Crippen molar-refractivity contribution in [1.29, 1.82) is 0 Å². The largest absolute Gasteiger partial charge is 0.493 e. The molecule has 0 bridgehead atoms.